The number of hydrogen-bond acceptors (Lipinski definition) is 5. The third kappa shape index (κ3) is 3.43. The maximum Gasteiger partial charge on any atom is 0.231 e. The van der Waals surface area contributed by atoms with E-state index < -0.39 is 5.41 Å². The van der Waals surface area contributed by atoms with Crippen LogP contribution in [0.25, 0.3) is 0 Å². The number of fused-ring (bicyclic) bond motifs is 3. The van der Waals surface area contributed by atoms with Crippen LogP contribution >= 0.6 is 0 Å². The highest BCUT2D eigenvalue weighted by atomic mass is 19.1. The van der Waals surface area contributed by atoms with E-state index in [2.05, 4.69) is 26.1 Å². The van der Waals surface area contributed by atoms with E-state index in [9.17, 15) is 4.39 Å². The first-order chi connectivity index (χ1) is 14.6. The van der Waals surface area contributed by atoms with Gasteiger partial charge in [0.05, 0.1) is 0 Å². The summed E-state index contributed by atoms with van der Waals surface area (Å²) < 4.78 is 19.8. The Morgan fingerprint density at radius 2 is 1.87 bits per heavy atom. The summed E-state index contributed by atoms with van der Waals surface area (Å²) in [6.45, 7) is 3.90. The quantitative estimate of drug-likeness (QED) is 0.603. The van der Waals surface area contributed by atoms with Gasteiger partial charge < -0.3 is 9.32 Å². The predicted molar refractivity (Wildman–Crippen MR) is 111 cm³/mol. The Hall–Kier alpha value is -2.60. The van der Waals surface area contributed by atoms with Gasteiger partial charge in [-0.3, -0.25) is 4.98 Å². The largest absolute Gasteiger partial charge is 0.424 e. The Balaban J connectivity index is 1.59. The molecule has 2 bridgehead atoms. The summed E-state index contributed by atoms with van der Waals surface area (Å²) in [7, 11) is 0. The molecule has 0 amide bonds. The molecule has 1 aliphatic carbocycles. The fourth-order valence-corrected chi connectivity index (χ4v) is 5.39. The summed E-state index contributed by atoms with van der Waals surface area (Å²) in [6, 6.07) is 11.3. The highest BCUT2D eigenvalue weighted by Crippen LogP contribution is 2.43. The molecule has 0 radical (unpaired) electrons. The zero-order valence-electron chi connectivity index (χ0n) is 17.3. The maximum atomic E-state index is 13.8. The monoisotopic (exact) mass is 406 g/mol. The molecule has 6 rings (SSSR count). The predicted octanol–water partition coefficient (Wildman–Crippen LogP) is 4.51. The van der Waals surface area contributed by atoms with Gasteiger partial charge in [-0.25, -0.2) is 4.39 Å². The molecule has 156 valence electrons. The molecular weight excluding hydrogens is 379 g/mol. The van der Waals surface area contributed by atoms with Gasteiger partial charge in [0.15, 0.2) is 0 Å². The summed E-state index contributed by atoms with van der Waals surface area (Å²) >= 11 is 0. The first-order valence-electron chi connectivity index (χ1n) is 10.9. The van der Waals surface area contributed by atoms with E-state index in [1.165, 1.54) is 44.4 Å². The zero-order chi connectivity index (χ0) is 20.6. The molecule has 2 saturated heterocycles. The summed E-state index contributed by atoms with van der Waals surface area (Å²) in [4.78, 5) is 7.02. The van der Waals surface area contributed by atoms with Gasteiger partial charge in [0.1, 0.15) is 11.2 Å². The third-order valence-electron chi connectivity index (χ3n) is 6.98. The summed E-state index contributed by atoms with van der Waals surface area (Å²) in [5, 5.41) is 8.58. The molecular formula is C24H27FN4O. The first-order valence-corrected chi connectivity index (χ1v) is 10.9. The molecule has 0 spiro atoms. The van der Waals surface area contributed by atoms with Gasteiger partial charge in [0, 0.05) is 38.4 Å². The van der Waals surface area contributed by atoms with E-state index in [-0.39, 0.29) is 5.82 Å². The minimum absolute atomic E-state index is 0.256. The van der Waals surface area contributed by atoms with Gasteiger partial charge in [0.2, 0.25) is 11.8 Å². The van der Waals surface area contributed by atoms with Gasteiger partial charge in [-0.1, -0.05) is 18.2 Å². The van der Waals surface area contributed by atoms with E-state index in [0.717, 1.165) is 30.0 Å². The molecule has 0 N–H and O–H groups in total. The molecule has 30 heavy (non-hydrogen) atoms. The Morgan fingerprint density at radius 3 is 2.47 bits per heavy atom. The summed E-state index contributed by atoms with van der Waals surface area (Å²) in [6.07, 6.45) is 9.70. The number of halogens is 1. The van der Waals surface area contributed by atoms with Crippen molar-refractivity contribution in [3.05, 3.63) is 77.5 Å². The molecule has 1 unspecified atom stereocenters. The summed E-state index contributed by atoms with van der Waals surface area (Å²) in [5.41, 5.74) is 1.27. The fraction of sp³-hybridized carbons (Fsp3) is 0.458. The molecule has 4 heterocycles. The SMILES string of the molecule is Cc1nnc(C(CCN2CC3CCC2CC3)(c2ccc(F)cc2)c2cccnc2)o1. The van der Waals surface area contributed by atoms with Crippen molar-refractivity contribution in [1.29, 1.82) is 0 Å². The highest BCUT2D eigenvalue weighted by molar-refractivity contribution is 5.44. The number of benzene rings is 1. The number of piperidine rings is 2. The number of nitrogens with zero attached hydrogens (tertiary/aromatic N) is 4. The smallest absolute Gasteiger partial charge is 0.231 e. The van der Waals surface area contributed by atoms with E-state index >= 15 is 0 Å². The number of rotatable bonds is 6. The molecule has 1 aromatic carbocycles. The van der Waals surface area contributed by atoms with Crippen LogP contribution in [0.4, 0.5) is 4.39 Å². The van der Waals surface area contributed by atoms with Gasteiger partial charge in [0.25, 0.3) is 0 Å². The highest BCUT2D eigenvalue weighted by Gasteiger charge is 2.43. The molecule has 3 aliphatic rings. The fourth-order valence-electron chi connectivity index (χ4n) is 5.39. The first kappa shape index (κ1) is 19.4. The zero-order valence-corrected chi connectivity index (χ0v) is 17.3. The van der Waals surface area contributed by atoms with Crippen LogP contribution in [0.3, 0.4) is 0 Å². The van der Waals surface area contributed by atoms with E-state index in [0.29, 0.717) is 17.8 Å². The lowest BCUT2D eigenvalue weighted by atomic mass is 9.71. The molecule has 2 aromatic heterocycles. The Bertz CT molecular complexity index is 982. The Kier molecular flexibility index (Phi) is 5.11. The van der Waals surface area contributed by atoms with Crippen molar-refractivity contribution in [2.45, 2.75) is 50.5 Å². The Morgan fingerprint density at radius 1 is 1.07 bits per heavy atom. The van der Waals surface area contributed by atoms with Gasteiger partial charge >= 0.3 is 0 Å². The number of aryl methyl sites for hydroxylation is 1. The number of hydrogen-bond donors (Lipinski definition) is 0. The topological polar surface area (TPSA) is 55.1 Å². The second-order valence-electron chi connectivity index (χ2n) is 8.70. The van der Waals surface area contributed by atoms with E-state index in [4.69, 9.17) is 4.42 Å². The lowest BCUT2D eigenvalue weighted by molar-refractivity contribution is 0.0445. The lowest BCUT2D eigenvalue weighted by Crippen LogP contribution is -2.49. The molecule has 1 saturated carbocycles. The van der Waals surface area contributed by atoms with Crippen molar-refractivity contribution in [1.82, 2.24) is 20.1 Å². The summed E-state index contributed by atoms with van der Waals surface area (Å²) in [5.74, 6) is 1.63. The minimum atomic E-state index is -0.667. The van der Waals surface area contributed by atoms with Crippen LogP contribution in [0.1, 0.15) is 55.0 Å². The number of aromatic nitrogens is 3. The van der Waals surface area contributed by atoms with Gasteiger partial charge in [-0.2, -0.15) is 0 Å². The van der Waals surface area contributed by atoms with E-state index in [1.807, 2.05) is 24.4 Å². The van der Waals surface area contributed by atoms with Gasteiger partial charge in [-0.05, 0) is 67.3 Å². The van der Waals surface area contributed by atoms with Gasteiger partial charge in [-0.15, -0.1) is 10.2 Å². The average molecular weight is 407 g/mol. The lowest BCUT2D eigenvalue weighted by Gasteiger charge is -2.46. The average Bonchev–Trinajstić information content (AvgIpc) is 3.23. The van der Waals surface area contributed by atoms with Crippen molar-refractivity contribution in [3.8, 4) is 0 Å². The second-order valence-corrected chi connectivity index (χ2v) is 8.70. The van der Waals surface area contributed by atoms with Crippen LogP contribution < -0.4 is 0 Å². The van der Waals surface area contributed by atoms with Crippen molar-refractivity contribution in [2.75, 3.05) is 13.1 Å². The maximum absolute atomic E-state index is 13.8. The standard InChI is InChI=1S/C24H27FN4O/c1-17-27-28-23(30-17)24(20-3-2-13-26-15-20,19-6-8-21(25)9-7-19)12-14-29-16-18-4-10-22(29)11-5-18/h2-3,6-9,13,15,18,22H,4-5,10-12,14,16H2,1H3. The second kappa shape index (κ2) is 7.91. The molecule has 6 heteroatoms. The van der Waals surface area contributed by atoms with Crippen LogP contribution in [-0.4, -0.2) is 39.2 Å². The van der Waals surface area contributed by atoms with Crippen molar-refractivity contribution in [3.63, 3.8) is 0 Å². The van der Waals surface area contributed by atoms with Crippen LogP contribution in [-0.2, 0) is 5.41 Å². The molecule has 1 atom stereocenters. The Labute approximate surface area is 176 Å². The van der Waals surface area contributed by atoms with Crippen molar-refractivity contribution in [2.24, 2.45) is 5.92 Å². The van der Waals surface area contributed by atoms with E-state index in [1.54, 1.807) is 13.1 Å². The molecule has 3 fully saturated rings. The molecule has 5 nitrogen and oxygen atoms in total. The van der Waals surface area contributed by atoms with Crippen molar-refractivity contribution >= 4 is 0 Å². The minimum Gasteiger partial charge on any atom is -0.424 e. The molecule has 2 aliphatic heterocycles. The third-order valence-corrected chi connectivity index (χ3v) is 6.98. The molecule has 3 aromatic rings. The number of pyridine rings is 1. The normalized spacial score (nSPS) is 23.4. The van der Waals surface area contributed by atoms with Crippen molar-refractivity contribution < 1.29 is 8.81 Å². The van der Waals surface area contributed by atoms with Crippen LogP contribution in [0, 0.1) is 18.7 Å². The van der Waals surface area contributed by atoms with Crippen LogP contribution in [0.5, 0.6) is 0 Å². The van der Waals surface area contributed by atoms with Crippen LogP contribution in [0.2, 0.25) is 0 Å². The van der Waals surface area contributed by atoms with Crippen LogP contribution in [0.15, 0.2) is 53.2 Å².